The summed E-state index contributed by atoms with van der Waals surface area (Å²) >= 11 is 0. The van der Waals surface area contributed by atoms with E-state index < -0.39 is 0 Å². The van der Waals surface area contributed by atoms with Crippen molar-refractivity contribution in [3.8, 4) is 22.8 Å². The quantitative estimate of drug-likeness (QED) is 0.666. The van der Waals surface area contributed by atoms with Gasteiger partial charge >= 0.3 is 0 Å². The number of piperazine rings is 1. The molecule has 0 bridgehead atoms. The molecular formula is C20H18N6O3. The molecule has 0 aliphatic carbocycles. The molecule has 1 aromatic carbocycles. The number of hydrogen-bond donors (Lipinski definition) is 0. The van der Waals surface area contributed by atoms with Crippen molar-refractivity contribution in [3.05, 3.63) is 54.6 Å². The molecule has 0 radical (unpaired) electrons. The van der Waals surface area contributed by atoms with E-state index in [1.54, 1.807) is 11.1 Å². The summed E-state index contributed by atoms with van der Waals surface area (Å²) in [5.41, 5.74) is 2.06. The Bertz CT molecular complexity index is 1020. The molecule has 1 saturated heterocycles. The zero-order valence-corrected chi connectivity index (χ0v) is 15.6. The lowest BCUT2D eigenvalue weighted by molar-refractivity contribution is 0.0740. The van der Waals surface area contributed by atoms with E-state index in [1.165, 1.54) is 12.4 Å². The van der Waals surface area contributed by atoms with Crippen molar-refractivity contribution in [1.29, 1.82) is 0 Å². The Hall–Kier alpha value is -3.75. The van der Waals surface area contributed by atoms with Crippen LogP contribution in [0, 0.1) is 0 Å². The maximum Gasteiger partial charge on any atom is 0.274 e. The molecule has 1 fully saturated rings. The van der Waals surface area contributed by atoms with E-state index in [4.69, 9.17) is 9.47 Å². The van der Waals surface area contributed by atoms with Crippen LogP contribution in [0.1, 0.15) is 10.5 Å². The molecule has 29 heavy (non-hydrogen) atoms. The highest BCUT2D eigenvalue weighted by atomic mass is 16.7. The van der Waals surface area contributed by atoms with Crippen LogP contribution in [-0.2, 0) is 0 Å². The van der Waals surface area contributed by atoms with E-state index in [2.05, 4.69) is 25.1 Å². The fourth-order valence-corrected chi connectivity index (χ4v) is 3.41. The molecule has 2 aromatic heterocycles. The van der Waals surface area contributed by atoms with Crippen LogP contribution in [0.3, 0.4) is 0 Å². The zero-order valence-electron chi connectivity index (χ0n) is 15.6. The SMILES string of the molecule is O=C(c1cnccn1)N1CCN(c2ccc(-c3ccc4c(c3)OCO4)nn2)CC1. The summed E-state index contributed by atoms with van der Waals surface area (Å²) in [7, 11) is 0. The molecule has 3 aromatic rings. The summed E-state index contributed by atoms with van der Waals surface area (Å²) in [4.78, 5) is 24.4. The average Bonchev–Trinajstić information content (AvgIpc) is 3.27. The van der Waals surface area contributed by atoms with Gasteiger partial charge in [-0.2, -0.15) is 0 Å². The summed E-state index contributed by atoms with van der Waals surface area (Å²) in [6, 6.07) is 9.61. The number of benzene rings is 1. The van der Waals surface area contributed by atoms with Gasteiger partial charge in [-0.3, -0.25) is 9.78 Å². The second kappa shape index (κ2) is 7.34. The lowest BCUT2D eigenvalue weighted by Gasteiger charge is -2.34. The van der Waals surface area contributed by atoms with Gasteiger partial charge < -0.3 is 19.3 Å². The number of nitrogens with zero attached hydrogens (tertiary/aromatic N) is 6. The Labute approximate surface area is 166 Å². The van der Waals surface area contributed by atoms with Gasteiger partial charge in [-0.15, -0.1) is 10.2 Å². The molecule has 9 heteroatoms. The third-order valence-corrected chi connectivity index (χ3v) is 4.99. The number of hydrogen-bond acceptors (Lipinski definition) is 8. The molecule has 2 aliphatic rings. The molecular weight excluding hydrogens is 372 g/mol. The molecule has 0 spiro atoms. The first-order valence-corrected chi connectivity index (χ1v) is 9.32. The monoisotopic (exact) mass is 390 g/mol. The fourth-order valence-electron chi connectivity index (χ4n) is 3.41. The number of amides is 1. The normalized spacial score (nSPS) is 15.4. The number of aromatic nitrogens is 4. The number of rotatable bonds is 3. The van der Waals surface area contributed by atoms with Crippen LogP contribution in [-0.4, -0.2) is 63.9 Å². The highest BCUT2D eigenvalue weighted by Crippen LogP contribution is 2.35. The van der Waals surface area contributed by atoms with Crippen LogP contribution in [0.5, 0.6) is 11.5 Å². The van der Waals surface area contributed by atoms with Gasteiger partial charge in [0.05, 0.1) is 11.9 Å². The van der Waals surface area contributed by atoms with Gasteiger partial charge in [-0.25, -0.2) is 4.98 Å². The first-order chi connectivity index (χ1) is 14.3. The summed E-state index contributed by atoms with van der Waals surface area (Å²) in [5, 5.41) is 8.74. The molecule has 4 heterocycles. The molecule has 0 unspecified atom stereocenters. The Kier molecular flexibility index (Phi) is 4.39. The third kappa shape index (κ3) is 3.42. The van der Waals surface area contributed by atoms with E-state index in [0.717, 1.165) is 28.6 Å². The maximum absolute atomic E-state index is 12.5. The smallest absolute Gasteiger partial charge is 0.274 e. The van der Waals surface area contributed by atoms with E-state index in [1.807, 2.05) is 30.3 Å². The van der Waals surface area contributed by atoms with Crippen LogP contribution in [0.15, 0.2) is 48.9 Å². The lowest BCUT2D eigenvalue weighted by Crippen LogP contribution is -2.49. The van der Waals surface area contributed by atoms with Gasteiger partial charge in [0.1, 0.15) is 5.69 Å². The molecule has 5 rings (SSSR count). The lowest BCUT2D eigenvalue weighted by atomic mass is 10.1. The van der Waals surface area contributed by atoms with Gasteiger partial charge in [-0.05, 0) is 30.3 Å². The average molecular weight is 390 g/mol. The number of ether oxygens (including phenoxy) is 2. The number of fused-ring (bicyclic) bond motifs is 1. The minimum Gasteiger partial charge on any atom is -0.454 e. The van der Waals surface area contributed by atoms with E-state index >= 15 is 0 Å². The van der Waals surface area contributed by atoms with Gasteiger partial charge in [-0.1, -0.05) is 0 Å². The van der Waals surface area contributed by atoms with Crippen molar-refractivity contribution < 1.29 is 14.3 Å². The first-order valence-electron chi connectivity index (χ1n) is 9.32. The topological polar surface area (TPSA) is 93.6 Å². The predicted octanol–water partition coefficient (Wildman–Crippen LogP) is 1.62. The van der Waals surface area contributed by atoms with Crippen molar-refractivity contribution >= 4 is 11.7 Å². The third-order valence-electron chi connectivity index (χ3n) is 4.99. The predicted molar refractivity (Wildman–Crippen MR) is 104 cm³/mol. The van der Waals surface area contributed by atoms with Crippen molar-refractivity contribution in [2.24, 2.45) is 0 Å². The highest BCUT2D eigenvalue weighted by Gasteiger charge is 2.24. The Morgan fingerprint density at radius 2 is 1.79 bits per heavy atom. The standard InChI is InChI=1S/C20H18N6O3/c27-20(16-12-21-5-6-22-16)26-9-7-25(8-10-26)19-4-2-15(23-24-19)14-1-3-17-18(11-14)29-13-28-17/h1-6,11-12H,7-10,13H2. The van der Waals surface area contributed by atoms with Crippen LogP contribution in [0.25, 0.3) is 11.3 Å². The van der Waals surface area contributed by atoms with Gasteiger partial charge in [0.25, 0.3) is 5.91 Å². The summed E-state index contributed by atoms with van der Waals surface area (Å²) < 4.78 is 10.8. The van der Waals surface area contributed by atoms with E-state index in [-0.39, 0.29) is 12.7 Å². The number of carbonyl (C=O) groups excluding carboxylic acids is 1. The van der Waals surface area contributed by atoms with Crippen LogP contribution in [0.4, 0.5) is 5.82 Å². The second-order valence-corrected chi connectivity index (χ2v) is 6.71. The van der Waals surface area contributed by atoms with Gasteiger partial charge in [0, 0.05) is 44.1 Å². The summed E-state index contributed by atoms with van der Waals surface area (Å²) in [5.74, 6) is 2.16. The van der Waals surface area contributed by atoms with E-state index in [9.17, 15) is 4.79 Å². The zero-order chi connectivity index (χ0) is 19.6. The number of carbonyl (C=O) groups is 1. The first kappa shape index (κ1) is 17.4. The van der Waals surface area contributed by atoms with Crippen LogP contribution < -0.4 is 14.4 Å². The van der Waals surface area contributed by atoms with E-state index in [0.29, 0.717) is 31.9 Å². The van der Waals surface area contributed by atoms with Crippen molar-refractivity contribution in [3.63, 3.8) is 0 Å². The van der Waals surface area contributed by atoms with Gasteiger partial charge in [0.2, 0.25) is 6.79 Å². The largest absolute Gasteiger partial charge is 0.454 e. The molecule has 2 aliphatic heterocycles. The molecule has 0 N–H and O–H groups in total. The fraction of sp³-hybridized carbons (Fsp3) is 0.250. The molecule has 0 atom stereocenters. The number of anilines is 1. The minimum atomic E-state index is -0.0954. The van der Waals surface area contributed by atoms with Crippen LogP contribution in [0.2, 0.25) is 0 Å². The maximum atomic E-state index is 12.5. The van der Waals surface area contributed by atoms with Crippen molar-refractivity contribution in [2.45, 2.75) is 0 Å². The molecule has 1 amide bonds. The minimum absolute atomic E-state index is 0.0954. The van der Waals surface area contributed by atoms with Gasteiger partial charge in [0.15, 0.2) is 17.3 Å². The Morgan fingerprint density at radius 1 is 0.931 bits per heavy atom. The van der Waals surface area contributed by atoms with Crippen molar-refractivity contribution in [2.75, 3.05) is 37.9 Å². The second-order valence-electron chi connectivity index (χ2n) is 6.71. The Balaban J connectivity index is 1.24. The van der Waals surface area contributed by atoms with Crippen molar-refractivity contribution in [1.82, 2.24) is 25.1 Å². The molecule has 9 nitrogen and oxygen atoms in total. The highest BCUT2D eigenvalue weighted by molar-refractivity contribution is 5.92. The summed E-state index contributed by atoms with van der Waals surface area (Å²) in [6.07, 6.45) is 4.58. The summed E-state index contributed by atoms with van der Waals surface area (Å²) in [6.45, 7) is 2.81. The Morgan fingerprint density at radius 3 is 2.55 bits per heavy atom. The van der Waals surface area contributed by atoms with Crippen LogP contribution >= 0.6 is 0 Å². The molecule has 146 valence electrons. The molecule has 0 saturated carbocycles.